The molecular formula is C13H19NO4. The van der Waals surface area contributed by atoms with Gasteiger partial charge in [0, 0.05) is 12.8 Å². The number of nitrogen functional groups attached to an aromatic ring is 1. The van der Waals surface area contributed by atoms with Crippen molar-refractivity contribution in [1.82, 2.24) is 0 Å². The van der Waals surface area contributed by atoms with Crippen LogP contribution in [0.15, 0.2) is 18.2 Å². The number of benzene rings is 1. The molecule has 5 heteroatoms. The molecular weight excluding hydrogens is 234 g/mol. The highest BCUT2D eigenvalue weighted by Crippen LogP contribution is 2.17. The van der Waals surface area contributed by atoms with Gasteiger partial charge in [-0.2, -0.15) is 0 Å². The Kier molecular flexibility index (Phi) is 6.18. The molecule has 0 bridgehead atoms. The normalized spacial score (nSPS) is 10.3. The zero-order chi connectivity index (χ0) is 13.4. The molecule has 5 nitrogen and oxygen atoms in total. The van der Waals surface area contributed by atoms with E-state index in [1.807, 2.05) is 13.0 Å². The Hall–Kier alpha value is -1.59. The Balaban J connectivity index is 2.35. The maximum atomic E-state index is 11.7. The van der Waals surface area contributed by atoms with E-state index in [0.29, 0.717) is 31.1 Å². The minimum Gasteiger partial charge on any atom is -0.460 e. The van der Waals surface area contributed by atoms with Gasteiger partial charge in [-0.1, -0.05) is 12.1 Å². The summed E-state index contributed by atoms with van der Waals surface area (Å²) in [5.74, 6) is -0.424. The van der Waals surface area contributed by atoms with Gasteiger partial charge in [0.05, 0.1) is 25.4 Å². The molecule has 0 amide bonds. The maximum Gasteiger partial charge on any atom is 0.340 e. The highest BCUT2D eigenvalue weighted by Gasteiger charge is 2.11. The van der Waals surface area contributed by atoms with Gasteiger partial charge in [0.2, 0.25) is 0 Å². The number of esters is 1. The summed E-state index contributed by atoms with van der Waals surface area (Å²) in [4.78, 5) is 11.7. The van der Waals surface area contributed by atoms with Gasteiger partial charge in [0.15, 0.2) is 0 Å². The number of anilines is 1. The number of methoxy groups -OCH3 is 1. The Morgan fingerprint density at radius 1 is 1.22 bits per heavy atom. The van der Waals surface area contributed by atoms with Crippen molar-refractivity contribution in [2.75, 3.05) is 39.3 Å². The Morgan fingerprint density at radius 3 is 2.67 bits per heavy atom. The van der Waals surface area contributed by atoms with E-state index in [4.69, 9.17) is 19.9 Å². The molecule has 1 rings (SSSR count). The Bertz CT molecular complexity index is 393. The predicted molar refractivity (Wildman–Crippen MR) is 68.6 cm³/mol. The van der Waals surface area contributed by atoms with E-state index in [-0.39, 0.29) is 6.61 Å². The highest BCUT2D eigenvalue weighted by molar-refractivity contribution is 5.95. The predicted octanol–water partition coefficient (Wildman–Crippen LogP) is 1.40. The van der Waals surface area contributed by atoms with Crippen LogP contribution in [0.4, 0.5) is 5.69 Å². The van der Waals surface area contributed by atoms with Crippen LogP contribution in [0.1, 0.15) is 15.9 Å². The van der Waals surface area contributed by atoms with Gasteiger partial charge in [-0.15, -0.1) is 0 Å². The zero-order valence-corrected chi connectivity index (χ0v) is 10.8. The first kappa shape index (κ1) is 14.5. The van der Waals surface area contributed by atoms with E-state index >= 15 is 0 Å². The fourth-order valence-electron chi connectivity index (χ4n) is 1.37. The summed E-state index contributed by atoms with van der Waals surface area (Å²) in [5.41, 5.74) is 7.52. The summed E-state index contributed by atoms with van der Waals surface area (Å²) >= 11 is 0. The number of carbonyl (C=O) groups excluding carboxylic acids is 1. The third kappa shape index (κ3) is 4.35. The number of aryl methyl sites for hydroxylation is 1. The number of rotatable bonds is 7. The molecule has 0 atom stereocenters. The summed E-state index contributed by atoms with van der Waals surface area (Å²) < 4.78 is 15.1. The molecule has 0 aliphatic carbocycles. The topological polar surface area (TPSA) is 70.8 Å². The first-order valence-corrected chi connectivity index (χ1v) is 5.75. The number of hydrogen-bond acceptors (Lipinski definition) is 5. The third-order valence-corrected chi connectivity index (χ3v) is 2.44. The molecule has 0 saturated carbocycles. The van der Waals surface area contributed by atoms with Crippen LogP contribution in [0.3, 0.4) is 0 Å². The van der Waals surface area contributed by atoms with Gasteiger partial charge in [-0.25, -0.2) is 4.79 Å². The zero-order valence-electron chi connectivity index (χ0n) is 10.8. The van der Waals surface area contributed by atoms with Gasteiger partial charge >= 0.3 is 5.97 Å². The molecule has 0 spiro atoms. The summed E-state index contributed by atoms with van der Waals surface area (Å²) in [7, 11) is 1.60. The van der Waals surface area contributed by atoms with Crippen LogP contribution in [0, 0.1) is 6.92 Å². The van der Waals surface area contributed by atoms with E-state index in [0.717, 1.165) is 5.56 Å². The number of para-hydroxylation sites is 1. The second-order valence-electron chi connectivity index (χ2n) is 3.78. The summed E-state index contributed by atoms with van der Waals surface area (Å²) in [6.07, 6.45) is 0. The first-order valence-electron chi connectivity index (χ1n) is 5.75. The molecule has 0 aromatic heterocycles. The van der Waals surface area contributed by atoms with Crippen molar-refractivity contribution >= 4 is 11.7 Å². The van der Waals surface area contributed by atoms with Gasteiger partial charge < -0.3 is 19.9 Å². The SMILES string of the molecule is COCCOCCOC(=O)c1cccc(C)c1N. The lowest BCUT2D eigenvalue weighted by atomic mass is 10.1. The summed E-state index contributed by atoms with van der Waals surface area (Å²) in [6.45, 7) is 3.41. The smallest absolute Gasteiger partial charge is 0.340 e. The van der Waals surface area contributed by atoms with Crippen molar-refractivity contribution in [3.63, 3.8) is 0 Å². The van der Waals surface area contributed by atoms with Crippen molar-refractivity contribution in [2.24, 2.45) is 0 Å². The number of hydrogen-bond donors (Lipinski definition) is 1. The number of nitrogens with two attached hydrogens (primary N) is 1. The fourth-order valence-corrected chi connectivity index (χ4v) is 1.37. The molecule has 1 aromatic rings. The van der Waals surface area contributed by atoms with E-state index < -0.39 is 5.97 Å². The molecule has 18 heavy (non-hydrogen) atoms. The van der Waals surface area contributed by atoms with Crippen molar-refractivity contribution in [3.05, 3.63) is 29.3 Å². The van der Waals surface area contributed by atoms with Crippen molar-refractivity contribution in [3.8, 4) is 0 Å². The van der Waals surface area contributed by atoms with Crippen LogP contribution >= 0.6 is 0 Å². The Morgan fingerprint density at radius 2 is 1.94 bits per heavy atom. The second kappa shape index (κ2) is 7.68. The minimum atomic E-state index is -0.424. The molecule has 0 unspecified atom stereocenters. The minimum absolute atomic E-state index is 0.204. The average Bonchev–Trinajstić information content (AvgIpc) is 2.36. The largest absolute Gasteiger partial charge is 0.460 e. The molecule has 0 aliphatic heterocycles. The lowest BCUT2D eigenvalue weighted by molar-refractivity contribution is 0.0214. The van der Waals surface area contributed by atoms with Gasteiger partial charge in [-0.05, 0) is 18.6 Å². The van der Waals surface area contributed by atoms with Crippen LogP contribution < -0.4 is 5.73 Å². The van der Waals surface area contributed by atoms with Crippen molar-refractivity contribution < 1.29 is 19.0 Å². The van der Waals surface area contributed by atoms with Gasteiger partial charge in [0.1, 0.15) is 6.61 Å². The van der Waals surface area contributed by atoms with Crippen LogP contribution in [-0.4, -0.2) is 39.5 Å². The molecule has 0 aliphatic rings. The molecule has 0 heterocycles. The lowest BCUT2D eigenvalue weighted by Gasteiger charge is -2.09. The summed E-state index contributed by atoms with van der Waals surface area (Å²) in [6, 6.07) is 5.27. The summed E-state index contributed by atoms with van der Waals surface area (Å²) in [5, 5.41) is 0. The van der Waals surface area contributed by atoms with Gasteiger partial charge in [-0.3, -0.25) is 0 Å². The van der Waals surface area contributed by atoms with E-state index in [2.05, 4.69) is 0 Å². The van der Waals surface area contributed by atoms with Crippen LogP contribution in [-0.2, 0) is 14.2 Å². The van der Waals surface area contributed by atoms with Crippen LogP contribution in [0.5, 0.6) is 0 Å². The van der Waals surface area contributed by atoms with Crippen LogP contribution in [0.25, 0.3) is 0 Å². The number of ether oxygens (including phenoxy) is 3. The maximum absolute atomic E-state index is 11.7. The molecule has 0 fully saturated rings. The standard InChI is InChI=1S/C13H19NO4/c1-10-4-3-5-11(12(10)14)13(15)18-9-8-17-7-6-16-2/h3-5H,6-9,14H2,1-2H3. The van der Waals surface area contributed by atoms with Gasteiger partial charge in [0.25, 0.3) is 0 Å². The molecule has 0 radical (unpaired) electrons. The monoisotopic (exact) mass is 253 g/mol. The van der Waals surface area contributed by atoms with E-state index in [1.54, 1.807) is 19.2 Å². The molecule has 0 saturated heterocycles. The Labute approximate surface area is 107 Å². The van der Waals surface area contributed by atoms with Crippen molar-refractivity contribution in [1.29, 1.82) is 0 Å². The first-order chi connectivity index (χ1) is 8.66. The molecule has 2 N–H and O–H groups in total. The fraction of sp³-hybridized carbons (Fsp3) is 0.462. The van der Waals surface area contributed by atoms with Crippen molar-refractivity contribution in [2.45, 2.75) is 6.92 Å². The third-order valence-electron chi connectivity index (χ3n) is 2.44. The van der Waals surface area contributed by atoms with Crippen LogP contribution in [0.2, 0.25) is 0 Å². The quantitative estimate of drug-likeness (QED) is 0.452. The van der Waals surface area contributed by atoms with E-state index in [1.165, 1.54) is 0 Å². The van der Waals surface area contributed by atoms with E-state index in [9.17, 15) is 4.79 Å². The lowest BCUT2D eigenvalue weighted by Crippen LogP contribution is -2.14. The molecule has 100 valence electrons. The number of carbonyl (C=O) groups is 1. The molecule has 1 aromatic carbocycles. The highest BCUT2D eigenvalue weighted by atomic mass is 16.6. The second-order valence-corrected chi connectivity index (χ2v) is 3.78. The average molecular weight is 253 g/mol.